The Morgan fingerprint density at radius 3 is 2.73 bits per heavy atom. The first-order valence-electron chi connectivity index (χ1n) is 10.4. The highest BCUT2D eigenvalue weighted by Crippen LogP contribution is 2.32. The lowest BCUT2D eigenvalue weighted by Crippen LogP contribution is -2.42. The number of amides is 1. The summed E-state index contributed by atoms with van der Waals surface area (Å²) in [5.74, 6) is 2.03. The third-order valence-corrected chi connectivity index (χ3v) is 5.32. The van der Waals surface area contributed by atoms with Crippen LogP contribution >= 0.6 is 0 Å². The molecular weight excluding hydrogens is 378 g/mol. The molecule has 1 fully saturated rings. The van der Waals surface area contributed by atoms with Gasteiger partial charge in [-0.3, -0.25) is 4.79 Å². The summed E-state index contributed by atoms with van der Waals surface area (Å²) in [6, 6.07) is 12.0. The van der Waals surface area contributed by atoms with Crippen LogP contribution in [0.3, 0.4) is 0 Å². The van der Waals surface area contributed by atoms with Crippen molar-refractivity contribution < 1.29 is 9.32 Å². The molecule has 0 bridgehead atoms. The molecule has 156 valence electrons. The summed E-state index contributed by atoms with van der Waals surface area (Å²) in [7, 11) is 0. The summed E-state index contributed by atoms with van der Waals surface area (Å²) >= 11 is 0. The van der Waals surface area contributed by atoms with Crippen LogP contribution in [0.5, 0.6) is 0 Å². The first kappa shape index (κ1) is 20.1. The predicted molar refractivity (Wildman–Crippen MR) is 116 cm³/mol. The molecule has 1 aliphatic rings. The van der Waals surface area contributed by atoms with Crippen molar-refractivity contribution in [1.29, 1.82) is 0 Å². The lowest BCUT2D eigenvalue weighted by atomic mass is 9.95. The number of nitrogens with one attached hydrogen (secondary N) is 1. The third-order valence-electron chi connectivity index (χ3n) is 5.32. The van der Waals surface area contributed by atoms with Gasteiger partial charge >= 0.3 is 0 Å². The normalized spacial score (nSPS) is 14.9. The van der Waals surface area contributed by atoms with E-state index in [4.69, 9.17) is 4.52 Å². The molecule has 4 rings (SSSR count). The van der Waals surface area contributed by atoms with E-state index >= 15 is 0 Å². The first-order chi connectivity index (χ1) is 14.5. The standard InChI is InChI=1S/C23H27N5O2/c1-15(2)25-22(29)17-9-12-28(13-10-17)21-19(8-5-11-24-21)23-26-20(27-30-23)18-7-4-6-16(3)14-18/h4-8,11,14-15,17H,9-10,12-13H2,1-3H3,(H,25,29). The number of rotatable bonds is 5. The van der Waals surface area contributed by atoms with Gasteiger partial charge in [0.25, 0.3) is 5.89 Å². The second-order valence-electron chi connectivity index (χ2n) is 8.09. The Labute approximate surface area is 176 Å². The highest BCUT2D eigenvalue weighted by Gasteiger charge is 2.28. The summed E-state index contributed by atoms with van der Waals surface area (Å²) in [5, 5.41) is 7.19. The molecule has 0 atom stereocenters. The maximum atomic E-state index is 12.3. The average Bonchev–Trinajstić information content (AvgIpc) is 3.24. The molecule has 0 unspecified atom stereocenters. The van der Waals surface area contributed by atoms with Gasteiger partial charge in [-0.15, -0.1) is 0 Å². The number of carbonyl (C=O) groups is 1. The molecule has 0 aliphatic carbocycles. The van der Waals surface area contributed by atoms with Gasteiger partial charge in [0, 0.05) is 36.8 Å². The fraction of sp³-hybridized carbons (Fsp3) is 0.391. The third kappa shape index (κ3) is 4.35. The number of aromatic nitrogens is 3. The molecule has 0 saturated carbocycles. The molecule has 1 N–H and O–H groups in total. The van der Waals surface area contributed by atoms with Gasteiger partial charge in [0.15, 0.2) is 0 Å². The van der Waals surface area contributed by atoms with Crippen molar-refractivity contribution in [3.63, 3.8) is 0 Å². The van der Waals surface area contributed by atoms with Gasteiger partial charge in [-0.05, 0) is 51.8 Å². The van der Waals surface area contributed by atoms with Crippen molar-refractivity contribution in [2.75, 3.05) is 18.0 Å². The molecule has 3 heterocycles. The second-order valence-corrected chi connectivity index (χ2v) is 8.09. The molecule has 1 aliphatic heterocycles. The summed E-state index contributed by atoms with van der Waals surface area (Å²) < 4.78 is 5.59. The zero-order valence-electron chi connectivity index (χ0n) is 17.6. The van der Waals surface area contributed by atoms with Gasteiger partial charge in [-0.25, -0.2) is 4.98 Å². The Kier molecular flexibility index (Phi) is 5.79. The van der Waals surface area contributed by atoms with Crippen LogP contribution in [0.1, 0.15) is 32.3 Å². The number of anilines is 1. The molecule has 0 spiro atoms. The van der Waals surface area contributed by atoms with Crippen LogP contribution < -0.4 is 10.2 Å². The van der Waals surface area contributed by atoms with Crippen LogP contribution in [0, 0.1) is 12.8 Å². The van der Waals surface area contributed by atoms with Crippen molar-refractivity contribution >= 4 is 11.7 Å². The van der Waals surface area contributed by atoms with Gasteiger partial charge in [0.2, 0.25) is 11.7 Å². The Morgan fingerprint density at radius 2 is 2.00 bits per heavy atom. The molecule has 7 heteroatoms. The minimum absolute atomic E-state index is 0.0483. The largest absolute Gasteiger partial charge is 0.356 e. The molecule has 1 saturated heterocycles. The second kappa shape index (κ2) is 8.65. The Hall–Kier alpha value is -3.22. The molecule has 7 nitrogen and oxygen atoms in total. The van der Waals surface area contributed by atoms with E-state index < -0.39 is 0 Å². The summed E-state index contributed by atoms with van der Waals surface area (Å²) in [4.78, 5) is 23.7. The van der Waals surface area contributed by atoms with Crippen LogP contribution in [-0.4, -0.2) is 40.2 Å². The molecule has 0 radical (unpaired) electrons. The van der Waals surface area contributed by atoms with E-state index in [2.05, 4.69) is 25.3 Å². The van der Waals surface area contributed by atoms with Crippen molar-refractivity contribution in [2.24, 2.45) is 5.92 Å². The average molecular weight is 406 g/mol. The summed E-state index contributed by atoms with van der Waals surface area (Å²) in [6.07, 6.45) is 3.37. The van der Waals surface area contributed by atoms with Crippen LogP contribution in [0.15, 0.2) is 47.1 Å². The minimum atomic E-state index is 0.0483. The maximum Gasteiger partial charge on any atom is 0.261 e. The number of piperidine rings is 1. The lowest BCUT2D eigenvalue weighted by Gasteiger charge is -2.33. The fourth-order valence-corrected chi connectivity index (χ4v) is 3.81. The monoisotopic (exact) mass is 405 g/mol. The van der Waals surface area contributed by atoms with Gasteiger partial charge in [-0.1, -0.05) is 28.9 Å². The van der Waals surface area contributed by atoms with Crippen LogP contribution in [0.4, 0.5) is 5.82 Å². The van der Waals surface area contributed by atoms with Gasteiger partial charge in [0.1, 0.15) is 5.82 Å². The Bertz CT molecular complexity index is 1020. The SMILES string of the molecule is Cc1cccc(-c2noc(-c3cccnc3N3CCC(C(=O)NC(C)C)CC3)n2)c1. The fourth-order valence-electron chi connectivity index (χ4n) is 3.81. The first-order valence-corrected chi connectivity index (χ1v) is 10.4. The van der Waals surface area contributed by atoms with E-state index in [0.717, 1.165) is 48.4 Å². The van der Waals surface area contributed by atoms with E-state index in [1.54, 1.807) is 6.20 Å². The van der Waals surface area contributed by atoms with Crippen molar-refractivity contribution in [2.45, 2.75) is 39.7 Å². The minimum Gasteiger partial charge on any atom is -0.356 e. The predicted octanol–water partition coefficient (Wildman–Crippen LogP) is 3.85. The van der Waals surface area contributed by atoms with Crippen molar-refractivity contribution in [3.05, 3.63) is 48.2 Å². The van der Waals surface area contributed by atoms with Crippen LogP contribution in [0.2, 0.25) is 0 Å². The van der Waals surface area contributed by atoms with Crippen LogP contribution in [0.25, 0.3) is 22.8 Å². The number of benzene rings is 1. The van der Waals surface area contributed by atoms with Gasteiger partial charge < -0.3 is 14.7 Å². The Morgan fingerprint density at radius 1 is 1.20 bits per heavy atom. The zero-order valence-corrected chi connectivity index (χ0v) is 17.6. The number of hydrogen-bond acceptors (Lipinski definition) is 6. The number of pyridine rings is 1. The highest BCUT2D eigenvalue weighted by atomic mass is 16.5. The van der Waals surface area contributed by atoms with E-state index in [1.165, 1.54) is 0 Å². The topological polar surface area (TPSA) is 84.2 Å². The summed E-state index contributed by atoms with van der Waals surface area (Å²) in [6.45, 7) is 7.54. The molecule has 30 heavy (non-hydrogen) atoms. The zero-order chi connectivity index (χ0) is 21.1. The van der Waals surface area contributed by atoms with Gasteiger partial charge in [-0.2, -0.15) is 4.98 Å². The smallest absolute Gasteiger partial charge is 0.261 e. The van der Waals surface area contributed by atoms with E-state index in [1.807, 2.05) is 57.2 Å². The van der Waals surface area contributed by atoms with Crippen LogP contribution in [-0.2, 0) is 4.79 Å². The van der Waals surface area contributed by atoms with Crippen molar-refractivity contribution in [1.82, 2.24) is 20.4 Å². The number of carbonyl (C=O) groups excluding carboxylic acids is 1. The quantitative estimate of drug-likeness (QED) is 0.694. The molecule has 3 aromatic rings. The van der Waals surface area contributed by atoms with E-state index in [9.17, 15) is 4.79 Å². The van der Waals surface area contributed by atoms with Crippen molar-refractivity contribution in [3.8, 4) is 22.8 Å². The highest BCUT2D eigenvalue weighted by molar-refractivity contribution is 5.79. The molecule has 1 amide bonds. The maximum absolute atomic E-state index is 12.3. The lowest BCUT2D eigenvalue weighted by molar-refractivity contribution is -0.126. The molecule has 2 aromatic heterocycles. The molecule has 1 aromatic carbocycles. The summed E-state index contributed by atoms with van der Waals surface area (Å²) in [5.41, 5.74) is 2.88. The number of aryl methyl sites for hydroxylation is 1. The van der Waals surface area contributed by atoms with Gasteiger partial charge in [0.05, 0.1) is 5.56 Å². The molecular formula is C23H27N5O2. The Balaban J connectivity index is 1.52. The van der Waals surface area contributed by atoms with E-state index in [0.29, 0.717) is 11.7 Å². The number of nitrogens with zero attached hydrogens (tertiary/aromatic N) is 4. The number of hydrogen-bond donors (Lipinski definition) is 1. The van der Waals surface area contributed by atoms with E-state index in [-0.39, 0.29) is 17.9 Å².